The van der Waals surface area contributed by atoms with Crippen LogP contribution in [0.3, 0.4) is 0 Å². The van der Waals surface area contributed by atoms with Crippen LogP contribution in [0.4, 0.5) is 5.69 Å². The highest BCUT2D eigenvalue weighted by Gasteiger charge is 2.02. The summed E-state index contributed by atoms with van der Waals surface area (Å²) in [4.78, 5) is 10.8. The number of nitrogens with zero attached hydrogens (tertiary/aromatic N) is 1. The lowest BCUT2D eigenvalue weighted by Crippen LogP contribution is -2.24. The zero-order chi connectivity index (χ0) is 10.4. The Morgan fingerprint density at radius 1 is 1.79 bits per heavy atom. The molecule has 14 heavy (non-hydrogen) atoms. The number of aliphatic hydroxyl groups excluding tert-OH is 1. The lowest BCUT2D eigenvalue weighted by Gasteiger charge is -2.10. The standard InChI is InChI=1S/C8H13N3O3/c1-14-5-7(12)4-9-6-2-8(13)11-10-3-6/h2-3,7,12H,4-5H2,1H3,(H2,9,11,13). The molecule has 1 heterocycles. The Hall–Kier alpha value is -1.40. The van der Waals surface area contributed by atoms with Crippen LogP contribution in [-0.2, 0) is 4.74 Å². The molecule has 1 aromatic heterocycles. The van der Waals surface area contributed by atoms with Gasteiger partial charge in [0.05, 0.1) is 24.6 Å². The van der Waals surface area contributed by atoms with Crippen molar-refractivity contribution in [2.45, 2.75) is 6.10 Å². The quantitative estimate of drug-likeness (QED) is 0.577. The largest absolute Gasteiger partial charge is 0.389 e. The van der Waals surface area contributed by atoms with Crippen LogP contribution in [0.25, 0.3) is 0 Å². The molecule has 0 bridgehead atoms. The van der Waals surface area contributed by atoms with E-state index in [9.17, 15) is 9.90 Å². The highest BCUT2D eigenvalue weighted by Crippen LogP contribution is 1.98. The van der Waals surface area contributed by atoms with Crippen molar-refractivity contribution in [1.82, 2.24) is 10.2 Å². The molecule has 6 heteroatoms. The number of rotatable bonds is 5. The summed E-state index contributed by atoms with van der Waals surface area (Å²) in [6.45, 7) is 0.572. The molecule has 0 saturated heterocycles. The fourth-order valence-electron chi connectivity index (χ4n) is 0.960. The number of anilines is 1. The van der Waals surface area contributed by atoms with Gasteiger partial charge in [0, 0.05) is 19.7 Å². The van der Waals surface area contributed by atoms with E-state index in [1.165, 1.54) is 19.4 Å². The van der Waals surface area contributed by atoms with Crippen LogP contribution in [0.15, 0.2) is 17.1 Å². The smallest absolute Gasteiger partial charge is 0.266 e. The molecule has 78 valence electrons. The Balaban J connectivity index is 2.41. The molecular weight excluding hydrogens is 186 g/mol. The van der Waals surface area contributed by atoms with E-state index in [2.05, 4.69) is 15.5 Å². The second-order valence-electron chi connectivity index (χ2n) is 2.82. The first kappa shape index (κ1) is 10.7. The second kappa shape index (κ2) is 5.36. The summed E-state index contributed by atoms with van der Waals surface area (Å²) in [6, 6.07) is 1.37. The van der Waals surface area contributed by atoms with Gasteiger partial charge >= 0.3 is 0 Å². The summed E-state index contributed by atoms with van der Waals surface area (Å²) in [5.74, 6) is 0. The van der Waals surface area contributed by atoms with Crippen LogP contribution >= 0.6 is 0 Å². The summed E-state index contributed by atoms with van der Waals surface area (Å²) < 4.78 is 4.74. The van der Waals surface area contributed by atoms with Gasteiger partial charge in [-0.15, -0.1) is 0 Å². The minimum Gasteiger partial charge on any atom is -0.389 e. The number of nitrogens with one attached hydrogen (secondary N) is 2. The topological polar surface area (TPSA) is 87.2 Å². The van der Waals surface area contributed by atoms with Crippen molar-refractivity contribution in [3.63, 3.8) is 0 Å². The fraction of sp³-hybridized carbons (Fsp3) is 0.500. The molecule has 0 radical (unpaired) electrons. The molecule has 0 saturated carbocycles. The normalized spacial score (nSPS) is 12.4. The third-order valence-electron chi connectivity index (χ3n) is 1.57. The molecule has 3 N–H and O–H groups in total. The molecule has 0 aliphatic rings. The van der Waals surface area contributed by atoms with E-state index in [4.69, 9.17) is 4.74 Å². The average Bonchev–Trinajstić information content (AvgIpc) is 2.15. The molecule has 6 nitrogen and oxygen atoms in total. The maximum atomic E-state index is 10.8. The van der Waals surface area contributed by atoms with Crippen LogP contribution in [-0.4, -0.2) is 41.7 Å². The first-order valence-electron chi connectivity index (χ1n) is 4.18. The molecule has 0 spiro atoms. The zero-order valence-electron chi connectivity index (χ0n) is 7.86. The first-order chi connectivity index (χ1) is 6.72. The van der Waals surface area contributed by atoms with E-state index in [0.29, 0.717) is 12.2 Å². The van der Waals surface area contributed by atoms with Gasteiger partial charge < -0.3 is 15.2 Å². The predicted octanol–water partition coefficient (Wildman–Crippen LogP) is -0.811. The Labute approximate surface area is 80.9 Å². The molecule has 0 aliphatic carbocycles. The number of aromatic amines is 1. The minimum absolute atomic E-state index is 0.254. The lowest BCUT2D eigenvalue weighted by molar-refractivity contribution is 0.0727. The number of aliphatic hydroxyl groups is 1. The van der Waals surface area contributed by atoms with Crippen molar-refractivity contribution in [3.8, 4) is 0 Å². The lowest BCUT2D eigenvalue weighted by atomic mass is 10.3. The van der Waals surface area contributed by atoms with Crippen LogP contribution in [0.5, 0.6) is 0 Å². The molecule has 0 aromatic carbocycles. The number of aromatic nitrogens is 2. The molecular formula is C8H13N3O3. The van der Waals surface area contributed by atoms with Crippen molar-refractivity contribution in [2.24, 2.45) is 0 Å². The SMILES string of the molecule is COCC(O)CNc1cn[nH]c(=O)c1. The Morgan fingerprint density at radius 3 is 3.21 bits per heavy atom. The molecule has 1 rings (SSSR count). The van der Waals surface area contributed by atoms with Crippen LogP contribution in [0.1, 0.15) is 0 Å². The minimum atomic E-state index is -0.598. The van der Waals surface area contributed by atoms with E-state index in [1.807, 2.05) is 0 Å². The van der Waals surface area contributed by atoms with E-state index in [-0.39, 0.29) is 12.2 Å². The van der Waals surface area contributed by atoms with Gasteiger partial charge in [-0.05, 0) is 0 Å². The molecule has 1 aromatic rings. The maximum absolute atomic E-state index is 10.8. The maximum Gasteiger partial charge on any atom is 0.266 e. The Bertz CT molecular complexity index is 326. The number of hydrogen-bond donors (Lipinski definition) is 3. The molecule has 0 amide bonds. The molecule has 0 fully saturated rings. The van der Waals surface area contributed by atoms with Crippen molar-refractivity contribution in [2.75, 3.05) is 25.6 Å². The molecule has 1 unspecified atom stereocenters. The van der Waals surface area contributed by atoms with Gasteiger partial charge in [-0.1, -0.05) is 0 Å². The number of ether oxygens (including phenoxy) is 1. The van der Waals surface area contributed by atoms with Gasteiger partial charge in [-0.25, -0.2) is 5.10 Å². The summed E-state index contributed by atoms with van der Waals surface area (Å²) in [7, 11) is 1.51. The van der Waals surface area contributed by atoms with Gasteiger partial charge in [0.15, 0.2) is 0 Å². The van der Waals surface area contributed by atoms with Gasteiger partial charge in [0.1, 0.15) is 0 Å². The van der Waals surface area contributed by atoms with Crippen LogP contribution in [0, 0.1) is 0 Å². The summed E-state index contributed by atoms with van der Waals surface area (Å²) in [5, 5.41) is 18.0. The summed E-state index contributed by atoms with van der Waals surface area (Å²) in [5.41, 5.74) is 0.292. The van der Waals surface area contributed by atoms with Crippen LogP contribution in [0.2, 0.25) is 0 Å². The first-order valence-corrected chi connectivity index (χ1v) is 4.18. The summed E-state index contributed by atoms with van der Waals surface area (Å²) >= 11 is 0. The van der Waals surface area contributed by atoms with Gasteiger partial charge in [0.25, 0.3) is 5.56 Å². The van der Waals surface area contributed by atoms with Crippen molar-refractivity contribution in [1.29, 1.82) is 0 Å². The zero-order valence-corrected chi connectivity index (χ0v) is 7.86. The second-order valence-corrected chi connectivity index (χ2v) is 2.82. The van der Waals surface area contributed by atoms with Gasteiger partial charge in [0.2, 0.25) is 0 Å². The highest BCUT2D eigenvalue weighted by atomic mass is 16.5. The van der Waals surface area contributed by atoms with Gasteiger partial charge in [-0.2, -0.15) is 5.10 Å². The van der Waals surface area contributed by atoms with Crippen LogP contribution < -0.4 is 10.9 Å². The van der Waals surface area contributed by atoms with E-state index in [0.717, 1.165) is 0 Å². The molecule has 1 atom stereocenters. The fourth-order valence-corrected chi connectivity index (χ4v) is 0.960. The Kier molecular flexibility index (Phi) is 4.09. The average molecular weight is 199 g/mol. The van der Waals surface area contributed by atoms with Crippen molar-refractivity contribution >= 4 is 5.69 Å². The highest BCUT2D eigenvalue weighted by molar-refractivity contribution is 5.38. The van der Waals surface area contributed by atoms with Crippen molar-refractivity contribution in [3.05, 3.63) is 22.6 Å². The number of methoxy groups -OCH3 is 1. The van der Waals surface area contributed by atoms with E-state index < -0.39 is 6.10 Å². The predicted molar refractivity (Wildman–Crippen MR) is 51.2 cm³/mol. The van der Waals surface area contributed by atoms with Crippen molar-refractivity contribution < 1.29 is 9.84 Å². The Morgan fingerprint density at radius 2 is 2.57 bits per heavy atom. The van der Waals surface area contributed by atoms with Gasteiger partial charge in [-0.3, -0.25) is 4.79 Å². The van der Waals surface area contributed by atoms with E-state index >= 15 is 0 Å². The third-order valence-corrected chi connectivity index (χ3v) is 1.57. The molecule has 0 aliphatic heterocycles. The monoisotopic (exact) mass is 199 g/mol. The van der Waals surface area contributed by atoms with E-state index in [1.54, 1.807) is 0 Å². The number of hydrogen-bond acceptors (Lipinski definition) is 5. The third kappa shape index (κ3) is 3.55. The summed E-state index contributed by atoms with van der Waals surface area (Å²) in [6.07, 6.45) is 0.875. The number of H-pyrrole nitrogens is 1.